The first-order valence-corrected chi connectivity index (χ1v) is 19.1. The molecular weight excluding hydrogens is 590 g/mol. The predicted molar refractivity (Wildman–Crippen MR) is 172 cm³/mol. The van der Waals surface area contributed by atoms with Crippen LogP contribution in [0.4, 0.5) is 4.79 Å². The average Bonchev–Trinajstić information content (AvgIpc) is 3.57. The van der Waals surface area contributed by atoms with Gasteiger partial charge in [-0.3, -0.25) is 0 Å². The number of aliphatic hydroxyl groups excluding tert-OH is 2. The number of sulfonamides is 1. The number of amides is 1. The Bertz CT molecular complexity index is 1330. The molecule has 0 bridgehead atoms. The molecule has 0 unspecified atom stereocenters. The molecule has 0 radical (unpaired) electrons. The summed E-state index contributed by atoms with van der Waals surface area (Å²) in [6.07, 6.45) is 11.3. The zero-order valence-corrected chi connectivity index (χ0v) is 28.5. The largest absolute Gasteiger partial charge is 0.488 e. The summed E-state index contributed by atoms with van der Waals surface area (Å²) in [5, 5.41) is 22.4. The highest BCUT2D eigenvalue weighted by atomic mass is 32.2. The van der Waals surface area contributed by atoms with Crippen molar-refractivity contribution in [2.45, 2.75) is 134 Å². The minimum atomic E-state index is -4.07. The van der Waals surface area contributed by atoms with Crippen LogP contribution in [-0.4, -0.2) is 49.1 Å². The summed E-state index contributed by atoms with van der Waals surface area (Å²) in [5.41, 5.74) is 0.00786. The van der Waals surface area contributed by atoms with Crippen LogP contribution in [0.5, 0.6) is 5.75 Å². The van der Waals surface area contributed by atoms with Crippen molar-refractivity contribution < 1.29 is 32.9 Å². The summed E-state index contributed by atoms with van der Waals surface area (Å²) >= 11 is 0. The van der Waals surface area contributed by atoms with Gasteiger partial charge >= 0.3 is 6.09 Å². The summed E-state index contributed by atoms with van der Waals surface area (Å²) in [4.78, 5) is 12.6. The molecule has 252 valence electrons. The van der Waals surface area contributed by atoms with Crippen LogP contribution in [0.15, 0.2) is 29.2 Å². The van der Waals surface area contributed by atoms with Gasteiger partial charge in [0.05, 0.1) is 23.7 Å². The van der Waals surface area contributed by atoms with E-state index >= 15 is 0 Å². The van der Waals surface area contributed by atoms with E-state index in [1.807, 2.05) is 0 Å². The number of carbonyl (C=O) groups excluding carboxylic acids is 1. The maximum absolute atomic E-state index is 12.9. The lowest BCUT2D eigenvalue weighted by Gasteiger charge is -2.64. The molecule has 5 saturated carbocycles. The molecule has 0 aromatic heterocycles. The number of nitrogens with one attached hydrogen (secondary N) is 1. The molecule has 6 rings (SSSR count). The van der Waals surface area contributed by atoms with Crippen LogP contribution in [0, 0.1) is 46.3 Å². The molecular formula is C36H55NO7S. The van der Waals surface area contributed by atoms with E-state index in [0.29, 0.717) is 35.8 Å². The van der Waals surface area contributed by atoms with E-state index in [2.05, 4.69) is 32.4 Å². The van der Waals surface area contributed by atoms with Crippen molar-refractivity contribution in [3.8, 4) is 5.75 Å². The maximum atomic E-state index is 12.9. The highest BCUT2D eigenvalue weighted by Crippen LogP contribution is 2.69. The summed E-state index contributed by atoms with van der Waals surface area (Å²) in [6, 6.07) is 6.19. The van der Waals surface area contributed by atoms with E-state index in [0.717, 1.165) is 77.0 Å². The van der Waals surface area contributed by atoms with Crippen molar-refractivity contribution in [2.75, 3.05) is 6.61 Å². The lowest BCUT2D eigenvalue weighted by Crippen LogP contribution is -2.62. The Balaban J connectivity index is 1.04. The van der Waals surface area contributed by atoms with E-state index in [-0.39, 0.29) is 52.0 Å². The van der Waals surface area contributed by atoms with Crippen LogP contribution in [0.2, 0.25) is 0 Å². The summed E-state index contributed by atoms with van der Waals surface area (Å²) in [7, 11) is -4.07. The average molecular weight is 646 g/mol. The minimum absolute atomic E-state index is 0.00823. The van der Waals surface area contributed by atoms with Crippen LogP contribution < -0.4 is 9.46 Å². The second kappa shape index (κ2) is 12.3. The van der Waals surface area contributed by atoms with Crippen LogP contribution >= 0.6 is 0 Å². The second-order valence-corrected chi connectivity index (χ2v) is 17.7. The van der Waals surface area contributed by atoms with Gasteiger partial charge in [0.25, 0.3) is 10.0 Å². The van der Waals surface area contributed by atoms with E-state index in [1.165, 1.54) is 12.1 Å². The van der Waals surface area contributed by atoms with E-state index in [4.69, 9.17) is 9.47 Å². The van der Waals surface area contributed by atoms with Gasteiger partial charge in [0.15, 0.2) is 0 Å². The monoisotopic (exact) mass is 645 g/mol. The quantitative estimate of drug-likeness (QED) is 0.283. The van der Waals surface area contributed by atoms with Gasteiger partial charge in [0, 0.05) is 0 Å². The van der Waals surface area contributed by atoms with Crippen molar-refractivity contribution in [3.05, 3.63) is 24.3 Å². The van der Waals surface area contributed by atoms with Gasteiger partial charge in [0.1, 0.15) is 11.4 Å². The number of rotatable bonds is 8. The molecule has 10 atom stereocenters. The zero-order chi connectivity index (χ0) is 32.2. The highest BCUT2D eigenvalue weighted by molar-refractivity contribution is 7.90. The number of hydrogen-bond donors (Lipinski definition) is 3. The molecule has 5 aliphatic rings. The van der Waals surface area contributed by atoms with E-state index in [9.17, 15) is 23.4 Å². The molecule has 8 nitrogen and oxygen atoms in total. The van der Waals surface area contributed by atoms with E-state index < -0.39 is 16.1 Å². The summed E-state index contributed by atoms with van der Waals surface area (Å²) < 4.78 is 39.4. The van der Waals surface area contributed by atoms with Crippen LogP contribution in [0.1, 0.15) is 111 Å². The number of fused-ring (bicyclic) bond motifs is 5. The molecule has 1 amide bonds. The van der Waals surface area contributed by atoms with Gasteiger partial charge < -0.3 is 19.7 Å². The molecule has 1 aromatic rings. The first kappa shape index (κ1) is 33.1. The fourth-order valence-corrected chi connectivity index (χ4v) is 12.1. The first-order valence-electron chi connectivity index (χ1n) is 17.6. The topological polar surface area (TPSA) is 122 Å². The molecule has 9 heteroatoms. The fraction of sp³-hybridized carbons (Fsp3) is 0.806. The molecule has 3 N–H and O–H groups in total. The van der Waals surface area contributed by atoms with Gasteiger partial charge in [-0.05, 0) is 155 Å². The SMILES string of the molecule is CC[C@H]1[C@@H](O)[C@@H]2[C@H](CC[C@]3(C)[C@@H](CCOC(=O)NS(=O)(=O)c4ccc(OC5(C)CCCC5)cc4)CC[C@@H]23)[C@@]2(C)CC[C@@H](O)C[C@@H]12. The molecule has 0 heterocycles. The smallest absolute Gasteiger partial charge is 0.421 e. The van der Waals surface area contributed by atoms with Crippen LogP contribution in [0.25, 0.3) is 0 Å². The third-order valence-electron chi connectivity index (χ3n) is 13.7. The van der Waals surface area contributed by atoms with E-state index in [1.54, 1.807) is 12.1 Å². The number of carbonyl (C=O) groups is 1. The van der Waals surface area contributed by atoms with Crippen molar-refractivity contribution in [1.29, 1.82) is 0 Å². The van der Waals surface area contributed by atoms with Gasteiger partial charge in [-0.25, -0.2) is 17.9 Å². The Hall–Kier alpha value is -1.84. The van der Waals surface area contributed by atoms with Gasteiger partial charge in [-0.15, -0.1) is 0 Å². The fourth-order valence-electron chi connectivity index (χ4n) is 11.2. The Morgan fingerprint density at radius 3 is 2.27 bits per heavy atom. The lowest BCUT2D eigenvalue weighted by molar-refractivity contribution is -0.202. The number of ether oxygens (including phenoxy) is 2. The molecule has 5 aliphatic carbocycles. The van der Waals surface area contributed by atoms with Crippen molar-refractivity contribution >= 4 is 16.1 Å². The maximum Gasteiger partial charge on any atom is 0.421 e. The van der Waals surface area contributed by atoms with Gasteiger partial charge in [-0.2, -0.15) is 0 Å². The standard InChI is InChI=1S/C36H55NO7S/c1-5-27-30-22-24(38)14-19-36(30,4)29-15-20-35(3)23(8-13-28(35)31(29)32(27)39)16-21-43-33(40)37-45(41,42)26-11-9-25(10-12-26)44-34(2)17-6-7-18-34/h9-12,23-24,27-32,38-39H,5-8,13-22H2,1-4H3,(H,37,40)/t23-,24-,27-,28+,29+,30+,31+,32-,35-,36-/m1/s1. The lowest BCUT2D eigenvalue weighted by atomic mass is 9.41. The summed E-state index contributed by atoms with van der Waals surface area (Å²) in [6.45, 7) is 9.26. The first-order chi connectivity index (χ1) is 21.3. The molecule has 5 fully saturated rings. The normalized spacial score (nSPS) is 40.6. The zero-order valence-electron chi connectivity index (χ0n) is 27.7. The third-order valence-corrected chi connectivity index (χ3v) is 15.0. The molecule has 0 spiro atoms. The Kier molecular flexibility index (Phi) is 9.05. The molecule has 1 aromatic carbocycles. The Morgan fingerprint density at radius 1 is 0.911 bits per heavy atom. The van der Waals surface area contributed by atoms with Crippen LogP contribution in [-0.2, 0) is 14.8 Å². The number of hydrogen-bond acceptors (Lipinski definition) is 7. The Labute approximate surface area is 270 Å². The highest BCUT2D eigenvalue weighted by Gasteiger charge is 2.64. The van der Waals surface area contributed by atoms with Crippen molar-refractivity contribution in [3.63, 3.8) is 0 Å². The third kappa shape index (κ3) is 6.03. The second-order valence-electron chi connectivity index (χ2n) is 16.0. The van der Waals surface area contributed by atoms with Gasteiger partial charge in [-0.1, -0.05) is 27.2 Å². The number of benzene rings is 1. The van der Waals surface area contributed by atoms with Crippen molar-refractivity contribution in [2.24, 2.45) is 46.3 Å². The minimum Gasteiger partial charge on any atom is -0.488 e. The summed E-state index contributed by atoms with van der Waals surface area (Å²) in [5.74, 6) is 2.74. The molecule has 0 aliphatic heterocycles. The van der Waals surface area contributed by atoms with Gasteiger partial charge in [0.2, 0.25) is 0 Å². The van der Waals surface area contributed by atoms with Crippen molar-refractivity contribution in [1.82, 2.24) is 4.72 Å². The number of aliphatic hydroxyl groups is 2. The molecule has 0 saturated heterocycles. The Morgan fingerprint density at radius 2 is 1.58 bits per heavy atom. The predicted octanol–water partition coefficient (Wildman–Crippen LogP) is 6.83. The van der Waals surface area contributed by atoms with Crippen LogP contribution in [0.3, 0.4) is 0 Å². The molecule has 45 heavy (non-hydrogen) atoms.